The minimum Gasteiger partial charge on any atom is -0.371 e. The topological polar surface area (TPSA) is 112 Å². The third kappa shape index (κ3) is 4.70. The average molecular weight is 470 g/mol. The highest BCUT2D eigenvalue weighted by molar-refractivity contribution is 5.96. The molecule has 1 aromatic heterocycles. The summed E-state index contributed by atoms with van der Waals surface area (Å²) in [7, 11) is 1.68. The summed E-state index contributed by atoms with van der Waals surface area (Å²) in [4.78, 5) is 34.9. The van der Waals surface area contributed by atoms with Crippen molar-refractivity contribution < 1.29 is 9.59 Å². The smallest absolute Gasteiger partial charge is 0.222 e. The van der Waals surface area contributed by atoms with Gasteiger partial charge in [0.15, 0.2) is 12.1 Å². The van der Waals surface area contributed by atoms with Crippen LogP contribution in [0.5, 0.6) is 0 Å². The Bertz CT molecular complexity index is 1240. The second-order valence-corrected chi connectivity index (χ2v) is 8.82. The number of rotatable bonds is 7. The average Bonchev–Trinajstić information content (AvgIpc) is 2.88. The molecule has 5 rings (SSSR count). The van der Waals surface area contributed by atoms with Gasteiger partial charge >= 0.3 is 0 Å². The number of carbonyl (C=O) groups is 2. The van der Waals surface area contributed by atoms with E-state index in [0.29, 0.717) is 29.3 Å². The van der Waals surface area contributed by atoms with Gasteiger partial charge in [-0.1, -0.05) is 30.3 Å². The fraction of sp³-hybridized carbons (Fsp3) is 0.269. The van der Waals surface area contributed by atoms with Crippen LogP contribution in [-0.4, -0.2) is 54.1 Å². The summed E-state index contributed by atoms with van der Waals surface area (Å²) in [5.74, 6) is 1.07. The third-order valence-corrected chi connectivity index (χ3v) is 6.56. The Morgan fingerprint density at radius 1 is 1.06 bits per heavy atom. The Balaban J connectivity index is 1.37. The summed E-state index contributed by atoms with van der Waals surface area (Å²) in [6.45, 7) is 1.81. The molecule has 178 valence electrons. The number of amides is 1. The normalized spacial score (nSPS) is 16.6. The van der Waals surface area contributed by atoms with Crippen LogP contribution in [0.3, 0.4) is 0 Å². The molecule has 0 bridgehead atoms. The molecule has 1 spiro atoms. The molecule has 9 heteroatoms. The van der Waals surface area contributed by atoms with Crippen molar-refractivity contribution in [3.63, 3.8) is 0 Å². The fourth-order valence-corrected chi connectivity index (χ4v) is 4.61. The van der Waals surface area contributed by atoms with Crippen LogP contribution >= 0.6 is 0 Å². The molecule has 9 nitrogen and oxygen atoms in total. The summed E-state index contributed by atoms with van der Waals surface area (Å²) in [5.41, 5.74) is 6.24. The molecule has 0 radical (unpaired) electrons. The molecule has 3 N–H and O–H groups in total. The Hall–Kier alpha value is -4.27. The number of hydrogen-bond acceptors (Lipinski definition) is 8. The maximum Gasteiger partial charge on any atom is 0.222 e. The van der Waals surface area contributed by atoms with Gasteiger partial charge in [0, 0.05) is 43.5 Å². The Kier molecular flexibility index (Phi) is 6.13. The Morgan fingerprint density at radius 3 is 2.40 bits per heavy atom. The van der Waals surface area contributed by atoms with Crippen molar-refractivity contribution in [3.8, 4) is 11.4 Å². The standard InChI is InChI=1S/C26H27N7O2/c1-27-28-16-22-21(17-34)25(31-24(30-22)18-5-3-2-4-6-18)29-19-7-9-20(10-8-19)33-13-11-26(12-14-33)15-23(35)32-26/h2-10,16-17,27H,11-15H2,1H3,(H,32,35)(H,29,30,31)/b28-16-. The molecule has 2 aromatic carbocycles. The predicted molar refractivity (Wildman–Crippen MR) is 136 cm³/mol. The lowest BCUT2D eigenvalue weighted by Gasteiger charge is -2.48. The van der Waals surface area contributed by atoms with Crippen LogP contribution in [-0.2, 0) is 4.79 Å². The minimum atomic E-state index is 0.0120. The quantitative estimate of drug-likeness (QED) is 0.211. The number of anilines is 3. The van der Waals surface area contributed by atoms with E-state index >= 15 is 0 Å². The van der Waals surface area contributed by atoms with Crippen molar-refractivity contribution in [1.29, 1.82) is 0 Å². The molecular formula is C26H27N7O2. The summed E-state index contributed by atoms with van der Waals surface area (Å²) < 4.78 is 0. The molecule has 35 heavy (non-hydrogen) atoms. The van der Waals surface area contributed by atoms with E-state index in [-0.39, 0.29) is 11.4 Å². The minimum absolute atomic E-state index is 0.0120. The fourth-order valence-electron chi connectivity index (χ4n) is 4.61. The lowest BCUT2D eigenvalue weighted by atomic mass is 9.78. The van der Waals surface area contributed by atoms with E-state index in [1.165, 1.54) is 6.21 Å². The first-order valence-electron chi connectivity index (χ1n) is 11.6. The van der Waals surface area contributed by atoms with Gasteiger partial charge in [-0.05, 0) is 37.1 Å². The van der Waals surface area contributed by atoms with Crippen molar-refractivity contribution in [2.45, 2.75) is 24.8 Å². The highest BCUT2D eigenvalue weighted by Crippen LogP contribution is 2.34. The van der Waals surface area contributed by atoms with Crippen LogP contribution < -0.4 is 21.0 Å². The molecule has 2 saturated heterocycles. The summed E-state index contributed by atoms with van der Waals surface area (Å²) in [6, 6.07) is 17.7. The van der Waals surface area contributed by atoms with Crippen LogP contribution in [0.15, 0.2) is 59.7 Å². The molecule has 2 fully saturated rings. The number of aromatic nitrogens is 2. The second-order valence-electron chi connectivity index (χ2n) is 8.82. The highest BCUT2D eigenvalue weighted by atomic mass is 16.2. The number of nitrogens with zero attached hydrogens (tertiary/aromatic N) is 4. The van der Waals surface area contributed by atoms with E-state index in [0.717, 1.165) is 49.2 Å². The Labute approximate surface area is 203 Å². The summed E-state index contributed by atoms with van der Waals surface area (Å²) >= 11 is 0. The Morgan fingerprint density at radius 2 is 1.77 bits per heavy atom. The van der Waals surface area contributed by atoms with Crippen molar-refractivity contribution >= 4 is 35.6 Å². The van der Waals surface area contributed by atoms with Gasteiger partial charge in [0.2, 0.25) is 5.91 Å². The van der Waals surface area contributed by atoms with Crippen LogP contribution in [0.25, 0.3) is 11.4 Å². The number of aldehydes is 1. The molecule has 0 aliphatic carbocycles. The number of hydrazone groups is 1. The van der Waals surface area contributed by atoms with Crippen LogP contribution in [0, 0.1) is 0 Å². The van der Waals surface area contributed by atoms with Gasteiger partial charge in [-0.3, -0.25) is 9.59 Å². The maximum absolute atomic E-state index is 12.0. The maximum atomic E-state index is 12.0. The van der Waals surface area contributed by atoms with E-state index in [1.54, 1.807) is 7.05 Å². The molecule has 0 saturated carbocycles. The molecule has 0 unspecified atom stereocenters. The highest BCUT2D eigenvalue weighted by Gasteiger charge is 2.44. The molecular weight excluding hydrogens is 442 g/mol. The number of benzene rings is 2. The van der Waals surface area contributed by atoms with Crippen LogP contribution in [0.1, 0.15) is 35.3 Å². The number of hydrogen-bond donors (Lipinski definition) is 3. The molecule has 2 aliphatic heterocycles. The lowest BCUT2D eigenvalue weighted by molar-refractivity contribution is -0.133. The SMILES string of the molecule is CN/N=C\c1nc(-c2ccccc2)nc(Nc2ccc(N3CCC4(CC3)CC(=O)N4)cc2)c1C=O. The number of carbonyl (C=O) groups excluding carboxylic acids is 2. The monoisotopic (exact) mass is 469 g/mol. The van der Waals surface area contributed by atoms with Crippen LogP contribution in [0.2, 0.25) is 0 Å². The van der Waals surface area contributed by atoms with Crippen molar-refractivity contribution in [2.24, 2.45) is 5.10 Å². The van der Waals surface area contributed by atoms with Crippen LogP contribution in [0.4, 0.5) is 17.2 Å². The third-order valence-electron chi connectivity index (χ3n) is 6.56. The number of piperidine rings is 1. The first-order chi connectivity index (χ1) is 17.1. The van der Waals surface area contributed by atoms with E-state index in [1.807, 2.05) is 42.5 Å². The van der Waals surface area contributed by atoms with Gasteiger partial charge in [-0.15, -0.1) is 0 Å². The van der Waals surface area contributed by atoms with E-state index in [9.17, 15) is 9.59 Å². The molecule has 2 aliphatic rings. The van der Waals surface area contributed by atoms with Crippen molar-refractivity contribution in [2.75, 3.05) is 30.4 Å². The molecule has 3 aromatic rings. The molecule has 3 heterocycles. The van der Waals surface area contributed by atoms with Gasteiger partial charge in [0.05, 0.1) is 23.0 Å². The zero-order valence-electron chi connectivity index (χ0n) is 19.5. The largest absolute Gasteiger partial charge is 0.371 e. The number of nitrogens with one attached hydrogen (secondary N) is 3. The predicted octanol–water partition coefficient (Wildman–Crippen LogP) is 3.11. The first kappa shape index (κ1) is 22.5. The lowest BCUT2D eigenvalue weighted by Crippen LogP contribution is -2.65. The molecule has 1 amide bonds. The van der Waals surface area contributed by atoms with Gasteiger partial charge in [-0.25, -0.2) is 9.97 Å². The zero-order chi connectivity index (χ0) is 24.3. The first-order valence-corrected chi connectivity index (χ1v) is 11.6. The van der Waals surface area contributed by atoms with Gasteiger partial charge in [0.1, 0.15) is 5.82 Å². The zero-order valence-corrected chi connectivity index (χ0v) is 19.5. The second kappa shape index (κ2) is 9.54. The number of β-lactam (4-membered cyclic amide) rings is 1. The summed E-state index contributed by atoms with van der Waals surface area (Å²) in [5, 5.41) is 10.4. The molecule has 0 atom stereocenters. The van der Waals surface area contributed by atoms with E-state index in [4.69, 9.17) is 0 Å². The van der Waals surface area contributed by atoms with Gasteiger partial charge in [-0.2, -0.15) is 5.10 Å². The van der Waals surface area contributed by atoms with Crippen molar-refractivity contribution in [3.05, 3.63) is 65.9 Å². The van der Waals surface area contributed by atoms with E-state index in [2.05, 4.69) is 48.2 Å². The summed E-state index contributed by atoms with van der Waals surface area (Å²) in [6.07, 6.45) is 4.82. The van der Waals surface area contributed by atoms with E-state index < -0.39 is 0 Å². The van der Waals surface area contributed by atoms with Gasteiger partial charge < -0.3 is 21.0 Å². The van der Waals surface area contributed by atoms with Gasteiger partial charge in [0.25, 0.3) is 0 Å². The van der Waals surface area contributed by atoms with Crippen molar-refractivity contribution in [1.82, 2.24) is 20.7 Å².